The first-order chi connectivity index (χ1) is 12.0. The van der Waals surface area contributed by atoms with Crippen molar-refractivity contribution in [3.63, 3.8) is 0 Å². The Morgan fingerprint density at radius 1 is 1.24 bits per heavy atom. The van der Waals surface area contributed by atoms with Gasteiger partial charge in [0, 0.05) is 43.8 Å². The first kappa shape index (κ1) is 18.0. The summed E-state index contributed by atoms with van der Waals surface area (Å²) in [6.07, 6.45) is 1.91. The zero-order chi connectivity index (χ0) is 17.8. The van der Waals surface area contributed by atoms with Gasteiger partial charge in [-0.1, -0.05) is 18.2 Å². The van der Waals surface area contributed by atoms with Gasteiger partial charge in [0.15, 0.2) is 0 Å². The van der Waals surface area contributed by atoms with Crippen molar-refractivity contribution < 1.29 is 4.79 Å². The van der Waals surface area contributed by atoms with Crippen LogP contribution in [0.25, 0.3) is 10.9 Å². The van der Waals surface area contributed by atoms with Crippen LogP contribution in [0.1, 0.15) is 18.5 Å². The Labute approximate surface area is 150 Å². The summed E-state index contributed by atoms with van der Waals surface area (Å²) in [5.41, 5.74) is 2.63. The van der Waals surface area contributed by atoms with Gasteiger partial charge in [-0.05, 0) is 57.5 Å². The number of likely N-dealkylation sites (N-methyl/N-ethyl adjacent to an activating group) is 1. The van der Waals surface area contributed by atoms with E-state index in [1.54, 1.807) is 0 Å². The molecule has 3 rings (SSSR count). The Morgan fingerprint density at radius 3 is 2.64 bits per heavy atom. The molecule has 1 aromatic heterocycles. The van der Waals surface area contributed by atoms with Crippen molar-refractivity contribution in [3.8, 4) is 0 Å². The molecule has 1 saturated heterocycles. The summed E-state index contributed by atoms with van der Waals surface area (Å²) in [4.78, 5) is 16.8. The molecule has 25 heavy (non-hydrogen) atoms. The fraction of sp³-hybridized carbons (Fsp3) is 0.550. The molecule has 1 aromatic carbocycles. The van der Waals surface area contributed by atoms with Gasteiger partial charge in [0.1, 0.15) is 0 Å². The molecule has 5 nitrogen and oxygen atoms in total. The molecular weight excluding hydrogens is 312 g/mol. The van der Waals surface area contributed by atoms with Crippen LogP contribution < -0.4 is 5.32 Å². The zero-order valence-electron chi connectivity index (χ0n) is 15.7. The second-order valence-electron chi connectivity index (χ2n) is 7.40. The Hall–Kier alpha value is -1.85. The van der Waals surface area contributed by atoms with Gasteiger partial charge >= 0.3 is 0 Å². The van der Waals surface area contributed by atoms with E-state index < -0.39 is 0 Å². The number of fused-ring (bicyclic) bond motifs is 1. The second kappa shape index (κ2) is 8.02. The summed E-state index contributed by atoms with van der Waals surface area (Å²) in [5, 5.41) is 4.37. The molecule has 0 radical (unpaired) electrons. The van der Waals surface area contributed by atoms with Crippen LogP contribution in [0.15, 0.2) is 30.3 Å². The topological polar surface area (TPSA) is 40.5 Å². The molecule has 2 heterocycles. The Balaban J connectivity index is 1.50. The molecule has 0 unspecified atom stereocenters. The van der Waals surface area contributed by atoms with Crippen molar-refractivity contribution in [3.05, 3.63) is 36.0 Å². The lowest BCUT2D eigenvalue weighted by atomic mass is 9.96. The molecule has 5 heteroatoms. The summed E-state index contributed by atoms with van der Waals surface area (Å²) in [6, 6.07) is 10.8. The average molecular weight is 342 g/mol. The van der Waals surface area contributed by atoms with Crippen molar-refractivity contribution in [1.82, 2.24) is 19.7 Å². The van der Waals surface area contributed by atoms with Gasteiger partial charge in [0.05, 0.1) is 0 Å². The number of nitrogens with one attached hydrogen (secondary N) is 1. The van der Waals surface area contributed by atoms with Gasteiger partial charge in [-0.2, -0.15) is 0 Å². The Bertz CT molecular complexity index is 714. The number of carbonyl (C=O) groups excluding carboxylic acids is 1. The predicted octanol–water partition coefficient (Wildman–Crippen LogP) is 2.07. The molecule has 0 spiro atoms. The van der Waals surface area contributed by atoms with E-state index in [1.807, 2.05) is 14.1 Å². The second-order valence-corrected chi connectivity index (χ2v) is 7.40. The van der Waals surface area contributed by atoms with Crippen molar-refractivity contribution >= 4 is 16.8 Å². The van der Waals surface area contributed by atoms with Crippen LogP contribution >= 0.6 is 0 Å². The van der Waals surface area contributed by atoms with E-state index in [-0.39, 0.29) is 11.8 Å². The summed E-state index contributed by atoms with van der Waals surface area (Å²) in [5.74, 6) is 0.400. The Morgan fingerprint density at radius 2 is 1.96 bits per heavy atom. The number of rotatable bonds is 6. The third-order valence-corrected chi connectivity index (χ3v) is 5.25. The third kappa shape index (κ3) is 4.41. The molecule has 0 bridgehead atoms. The van der Waals surface area contributed by atoms with E-state index in [0.717, 1.165) is 45.6 Å². The van der Waals surface area contributed by atoms with E-state index in [1.165, 1.54) is 16.6 Å². The minimum Gasteiger partial charge on any atom is -0.355 e. The SMILES string of the molecule is CN(C)CCNC(=O)C1CCN(Cc2cc3ccccc3n2C)CC1. The number of aromatic nitrogens is 1. The zero-order valence-corrected chi connectivity index (χ0v) is 15.7. The van der Waals surface area contributed by atoms with Gasteiger partial charge in [0.25, 0.3) is 0 Å². The standard InChI is InChI=1S/C20H30N4O/c1-22(2)13-10-21-20(25)16-8-11-24(12-9-16)15-18-14-17-6-4-5-7-19(17)23(18)3/h4-7,14,16H,8-13,15H2,1-3H3,(H,21,25). The van der Waals surface area contributed by atoms with Crippen LogP contribution in [0.4, 0.5) is 0 Å². The molecule has 2 aromatic rings. The van der Waals surface area contributed by atoms with Crippen molar-refractivity contribution in [1.29, 1.82) is 0 Å². The van der Waals surface area contributed by atoms with Crippen molar-refractivity contribution in [2.75, 3.05) is 40.3 Å². The van der Waals surface area contributed by atoms with Gasteiger partial charge in [-0.15, -0.1) is 0 Å². The van der Waals surface area contributed by atoms with Gasteiger partial charge in [-0.3, -0.25) is 9.69 Å². The van der Waals surface area contributed by atoms with Gasteiger partial charge in [-0.25, -0.2) is 0 Å². The summed E-state index contributed by atoms with van der Waals surface area (Å²) in [7, 11) is 6.19. The molecule has 1 aliphatic heterocycles. The molecule has 0 aliphatic carbocycles. The average Bonchev–Trinajstić information content (AvgIpc) is 2.91. The summed E-state index contributed by atoms with van der Waals surface area (Å²) < 4.78 is 2.29. The summed E-state index contributed by atoms with van der Waals surface area (Å²) >= 11 is 0. The maximum atomic E-state index is 12.3. The highest BCUT2D eigenvalue weighted by atomic mass is 16.1. The molecule has 0 saturated carbocycles. The lowest BCUT2D eigenvalue weighted by molar-refractivity contribution is -0.126. The molecule has 1 fully saturated rings. The number of amides is 1. The lowest BCUT2D eigenvalue weighted by Crippen LogP contribution is -2.41. The van der Waals surface area contributed by atoms with Crippen LogP contribution in [0.5, 0.6) is 0 Å². The molecule has 136 valence electrons. The molecule has 0 atom stereocenters. The number of likely N-dealkylation sites (tertiary alicyclic amines) is 1. The largest absolute Gasteiger partial charge is 0.355 e. The predicted molar refractivity (Wildman–Crippen MR) is 102 cm³/mol. The number of carbonyl (C=O) groups is 1. The highest BCUT2D eigenvalue weighted by Gasteiger charge is 2.25. The number of benzene rings is 1. The number of piperidine rings is 1. The molecule has 1 N–H and O–H groups in total. The first-order valence-corrected chi connectivity index (χ1v) is 9.22. The summed E-state index contributed by atoms with van der Waals surface area (Å²) in [6.45, 7) is 4.58. The number of para-hydroxylation sites is 1. The van der Waals surface area contributed by atoms with E-state index >= 15 is 0 Å². The van der Waals surface area contributed by atoms with Crippen molar-refractivity contribution in [2.24, 2.45) is 13.0 Å². The molecule has 1 aliphatic rings. The monoisotopic (exact) mass is 342 g/mol. The van der Waals surface area contributed by atoms with Gasteiger partial charge < -0.3 is 14.8 Å². The fourth-order valence-corrected chi connectivity index (χ4v) is 3.63. The fourth-order valence-electron chi connectivity index (χ4n) is 3.63. The highest BCUT2D eigenvalue weighted by Crippen LogP contribution is 2.23. The normalized spacial score (nSPS) is 16.6. The number of hydrogen-bond donors (Lipinski definition) is 1. The van der Waals surface area contributed by atoms with Crippen LogP contribution in [0.2, 0.25) is 0 Å². The van der Waals surface area contributed by atoms with E-state index in [4.69, 9.17) is 0 Å². The minimum absolute atomic E-state index is 0.172. The van der Waals surface area contributed by atoms with E-state index in [0.29, 0.717) is 0 Å². The highest BCUT2D eigenvalue weighted by molar-refractivity contribution is 5.81. The quantitative estimate of drug-likeness (QED) is 0.874. The van der Waals surface area contributed by atoms with Crippen LogP contribution in [0, 0.1) is 5.92 Å². The first-order valence-electron chi connectivity index (χ1n) is 9.22. The van der Waals surface area contributed by atoms with Crippen molar-refractivity contribution in [2.45, 2.75) is 19.4 Å². The number of aryl methyl sites for hydroxylation is 1. The van der Waals surface area contributed by atoms with E-state index in [9.17, 15) is 4.79 Å². The molecule has 1 amide bonds. The molecular formula is C20H30N4O. The van der Waals surface area contributed by atoms with Crippen LogP contribution in [-0.4, -0.2) is 60.5 Å². The minimum atomic E-state index is 0.172. The third-order valence-electron chi connectivity index (χ3n) is 5.25. The van der Waals surface area contributed by atoms with Crippen LogP contribution in [-0.2, 0) is 18.4 Å². The van der Waals surface area contributed by atoms with E-state index in [2.05, 4.69) is 57.1 Å². The van der Waals surface area contributed by atoms with Crippen LogP contribution in [0.3, 0.4) is 0 Å². The number of hydrogen-bond acceptors (Lipinski definition) is 3. The number of nitrogens with zero attached hydrogens (tertiary/aromatic N) is 3. The Kier molecular flexibility index (Phi) is 5.76. The lowest BCUT2D eigenvalue weighted by Gasteiger charge is -2.31. The van der Waals surface area contributed by atoms with Gasteiger partial charge in [0.2, 0.25) is 5.91 Å². The maximum Gasteiger partial charge on any atom is 0.223 e. The smallest absolute Gasteiger partial charge is 0.223 e. The maximum absolute atomic E-state index is 12.3.